The third-order valence-electron chi connectivity index (χ3n) is 2.50. The highest BCUT2D eigenvalue weighted by molar-refractivity contribution is 6.32. The lowest BCUT2D eigenvalue weighted by Gasteiger charge is -2.24. The lowest BCUT2D eigenvalue weighted by molar-refractivity contribution is 0.205. The van der Waals surface area contributed by atoms with Crippen LogP contribution < -0.4 is 4.90 Å². The van der Waals surface area contributed by atoms with E-state index in [1.54, 1.807) is 19.2 Å². The van der Waals surface area contributed by atoms with Gasteiger partial charge in [-0.05, 0) is 12.1 Å². The van der Waals surface area contributed by atoms with Crippen molar-refractivity contribution in [2.75, 3.05) is 31.7 Å². The third kappa shape index (κ3) is 3.63. The Morgan fingerprint density at radius 1 is 1.33 bits per heavy atom. The lowest BCUT2D eigenvalue weighted by Crippen LogP contribution is -2.28. The summed E-state index contributed by atoms with van der Waals surface area (Å²) in [6.07, 6.45) is 0.390. The molecule has 1 rings (SSSR count). The predicted molar refractivity (Wildman–Crippen MR) is 70.5 cm³/mol. The summed E-state index contributed by atoms with van der Waals surface area (Å²) in [5, 5.41) is 18.2. The van der Waals surface area contributed by atoms with E-state index in [-0.39, 0.29) is 0 Å². The van der Waals surface area contributed by atoms with E-state index in [9.17, 15) is 0 Å². The molecule has 18 heavy (non-hydrogen) atoms. The maximum atomic E-state index is 9.14. The Hall–Kier alpha value is -1.75. The molecule has 0 spiro atoms. The van der Waals surface area contributed by atoms with Gasteiger partial charge in [-0.15, -0.1) is 0 Å². The Balaban J connectivity index is 3.01. The highest BCUT2D eigenvalue weighted by Gasteiger charge is 2.13. The molecule has 0 aromatic heterocycles. The van der Waals surface area contributed by atoms with Crippen molar-refractivity contribution in [3.05, 3.63) is 28.8 Å². The Morgan fingerprint density at radius 2 is 2.11 bits per heavy atom. The van der Waals surface area contributed by atoms with Crippen molar-refractivity contribution in [1.29, 1.82) is 10.5 Å². The average Bonchev–Trinajstić information content (AvgIpc) is 2.39. The Kier molecular flexibility index (Phi) is 6.00. The van der Waals surface area contributed by atoms with E-state index in [0.29, 0.717) is 36.7 Å². The van der Waals surface area contributed by atoms with Crippen LogP contribution in [0.3, 0.4) is 0 Å². The van der Waals surface area contributed by atoms with Gasteiger partial charge in [0.15, 0.2) is 0 Å². The molecule has 0 fully saturated rings. The fourth-order valence-electron chi connectivity index (χ4n) is 1.63. The van der Waals surface area contributed by atoms with Crippen molar-refractivity contribution in [2.45, 2.75) is 6.42 Å². The number of anilines is 1. The second kappa shape index (κ2) is 7.55. The largest absolute Gasteiger partial charge is 0.383 e. The molecule has 0 aliphatic rings. The van der Waals surface area contributed by atoms with Crippen LogP contribution in [-0.2, 0) is 4.74 Å². The van der Waals surface area contributed by atoms with Crippen LogP contribution in [-0.4, -0.2) is 26.8 Å². The van der Waals surface area contributed by atoms with Crippen molar-refractivity contribution in [3.8, 4) is 12.1 Å². The minimum absolute atomic E-state index is 0.390. The van der Waals surface area contributed by atoms with Crippen LogP contribution in [0.15, 0.2) is 18.2 Å². The van der Waals surface area contributed by atoms with Crippen LogP contribution in [0.1, 0.15) is 12.0 Å². The molecule has 0 unspecified atom stereocenters. The fourth-order valence-corrected chi connectivity index (χ4v) is 1.84. The van der Waals surface area contributed by atoms with Crippen molar-refractivity contribution in [3.63, 3.8) is 0 Å². The minimum atomic E-state index is 0.390. The summed E-state index contributed by atoms with van der Waals surface area (Å²) in [6, 6.07) is 9.51. The summed E-state index contributed by atoms with van der Waals surface area (Å²) in [4.78, 5) is 1.94. The second-order valence-corrected chi connectivity index (χ2v) is 4.04. The van der Waals surface area contributed by atoms with Gasteiger partial charge in [-0.3, -0.25) is 0 Å². The van der Waals surface area contributed by atoms with Crippen molar-refractivity contribution in [1.82, 2.24) is 0 Å². The first-order valence-corrected chi connectivity index (χ1v) is 5.91. The highest BCUT2D eigenvalue weighted by atomic mass is 35.5. The first kappa shape index (κ1) is 14.3. The van der Waals surface area contributed by atoms with E-state index >= 15 is 0 Å². The number of benzene rings is 1. The van der Waals surface area contributed by atoms with E-state index in [0.717, 1.165) is 5.69 Å². The monoisotopic (exact) mass is 263 g/mol. The highest BCUT2D eigenvalue weighted by Crippen LogP contribution is 2.26. The summed E-state index contributed by atoms with van der Waals surface area (Å²) in [5.41, 5.74) is 1.19. The second-order valence-electron chi connectivity index (χ2n) is 3.63. The number of nitrogens with zero attached hydrogens (tertiary/aromatic N) is 3. The van der Waals surface area contributed by atoms with Crippen molar-refractivity contribution < 1.29 is 4.74 Å². The first-order valence-electron chi connectivity index (χ1n) is 5.54. The summed E-state index contributed by atoms with van der Waals surface area (Å²) in [6.45, 7) is 1.70. The molecule has 0 bridgehead atoms. The van der Waals surface area contributed by atoms with Gasteiger partial charge in [0.1, 0.15) is 6.07 Å². The maximum absolute atomic E-state index is 9.14. The van der Waals surface area contributed by atoms with E-state index in [1.807, 2.05) is 11.0 Å². The number of hydrogen-bond donors (Lipinski definition) is 0. The number of halogens is 1. The van der Waals surface area contributed by atoms with Gasteiger partial charge >= 0.3 is 0 Å². The quantitative estimate of drug-likeness (QED) is 0.791. The van der Waals surface area contributed by atoms with Crippen LogP contribution in [0.5, 0.6) is 0 Å². The Bertz CT molecular complexity index is 476. The molecule has 5 heteroatoms. The predicted octanol–water partition coefficient (Wildman–Crippen LogP) is 2.58. The smallest absolute Gasteiger partial charge is 0.103 e. The summed E-state index contributed by atoms with van der Waals surface area (Å²) < 4.78 is 5.04. The van der Waals surface area contributed by atoms with E-state index < -0.39 is 0 Å². The molecule has 4 nitrogen and oxygen atoms in total. The van der Waals surface area contributed by atoms with Gasteiger partial charge in [-0.2, -0.15) is 10.5 Å². The molecule has 0 heterocycles. The molecule has 0 N–H and O–H groups in total. The average molecular weight is 264 g/mol. The van der Waals surface area contributed by atoms with E-state index in [1.165, 1.54) is 0 Å². The van der Waals surface area contributed by atoms with Crippen LogP contribution in [0.25, 0.3) is 0 Å². The molecule has 1 aromatic rings. The SMILES string of the molecule is COCCN(CCC#N)c1cccc(Cl)c1C#N. The van der Waals surface area contributed by atoms with Crippen molar-refractivity contribution >= 4 is 17.3 Å². The molecular formula is C13H14ClN3O. The number of methoxy groups -OCH3 is 1. The molecule has 0 radical (unpaired) electrons. The zero-order valence-corrected chi connectivity index (χ0v) is 10.9. The van der Waals surface area contributed by atoms with Gasteiger partial charge in [0.05, 0.1) is 35.4 Å². The van der Waals surface area contributed by atoms with E-state index in [4.69, 9.17) is 26.9 Å². The Morgan fingerprint density at radius 3 is 2.72 bits per heavy atom. The fraction of sp³-hybridized carbons (Fsp3) is 0.385. The molecule has 0 aliphatic carbocycles. The normalized spacial score (nSPS) is 9.56. The maximum Gasteiger partial charge on any atom is 0.103 e. The van der Waals surface area contributed by atoms with Crippen LogP contribution in [0, 0.1) is 22.7 Å². The van der Waals surface area contributed by atoms with Gasteiger partial charge in [0, 0.05) is 20.2 Å². The van der Waals surface area contributed by atoms with Gasteiger partial charge in [0.25, 0.3) is 0 Å². The minimum Gasteiger partial charge on any atom is -0.383 e. The molecule has 0 saturated carbocycles. The molecule has 0 aliphatic heterocycles. The van der Waals surface area contributed by atoms with Gasteiger partial charge in [0.2, 0.25) is 0 Å². The van der Waals surface area contributed by atoms with E-state index in [2.05, 4.69) is 12.1 Å². The van der Waals surface area contributed by atoms with Crippen LogP contribution >= 0.6 is 11.6 Å². The third-order valence-corrected chi connectivity index (χ3v) is 2.82. The molecule has 0 amide bonds. The van der Waals surface area contributed by atoms with Gasteiger partial charge in [-0.25, -0.2) is 0 Å². The molecule has 94 valence electrons. The summed E-state index contributed by atoms with van der Waals surface area (Å²) in [5.74, 6) is 0. The standard InChI is InChI=1S/C13H14ClN3O/c1-18-9-8-17(7-3-6-15)13-5-2-4-12(14)11(13)10-16/h2,4-5H,3,7-9H2,1H3. The molecule has 1 aromatic carbocycles. The number of nitriles is 2. The summed E-state index contributed by atoms with van der Waals surface area (Å²) >= 11 is 6.00. The first-order chi connectivity index (χ1) is 8.74. The lowest BCUT2D eigenvalue weighted by atomic mass is 10.1. The number of rotatable bonds is 6. The number of hydrogen-bond acceptors (Lipinski definition) is 4. The van der Waals surface area contributed by atoms with Gasteiger partial charge < -0.3 is 9.64 Å². The molecule has 0 atom stereocenters. The van der Waals surface area contributed by atoms with Crippen molar-refractivity contribution in [2.24, 2.45) is 0 Å². The van der Waals surface area contributed by atoms with Gasteiger partial charge in [-0.1, -0.05) is 17.7 Å². The zero-order chi connectivity index (χ0) is 13.4. The molecule has 0 saturated heterocycles. The van der Waals surface area contributed by atoms with Crippen LogP contribution in [0.2, 0.25) is 5.02 Å². The molecular weight excluding hydrogens is 250 g/mol. The summed E-state index contributed by atoms with van der Waals surface area (Å²) in [7, 11) is 1.62. The number of ether oxygens (including phenoxy) is 1. The van der Waals surface area contributed by atoms with Crippen LogP contribution in [0.4, 0.5) is 5.69 Å². The Labute approximate surface area is 112 Å². The zero-order valence-electron chi connectivity index (χ0n) is 10.2. The topological polar surface area (TPSA) is 60.0 Å².